The molecule has 7 heteroatoms. The molecule has 0 amide bonds. The van der Waals surface area contributed by atoms with E-state index in [4.69, 9.17) is 11.6 Å². The van der Waals surface area contributed by atoms with Crippen molar-refractivity contribution in [3.63, 3.8) is 0 Å². The minimum Gasteiger partial charge on any atom is -0.357 e. The number of aromatic nitrogens is 3. The Balaban J connectivity index is 1.97. The zero-order valence-corrected chi connectivity index (χ0v) is 13.0. The Labute approximate surface area is 137 Å². The lowest BCUT2D eigenvalue weighted by atomic mass is 10.2. The molecule has 0 bridgehead atoms. The van der Waals surface area contributed by atoms with Crippen molar-refractivity contribution in [1.82, 2.24) is 15.0 Å². The molecule has 0 spiro atoms. The van der Waals surface area contributed by atoms with Gasteiger partial charge < -0.3 is 10.6 Å². The van der Waals surface area contributed by atoms with Crippen molar-refractivity contribution in [2.75, 3.05) is 17.7 Å². The van der Waals surface area contributed by atoms with Crippen LogP contribution in [0.4, 0.5) is 21.8 Å². The SMILES string of the molecule is CNc1nc(Nc2ccc(F)c(Cl)c2)cc(-c2ccccn2)n1. The van der Waals surface area contributed by atoms with Crippen LogP contribution in [-0.4, -0.2) is 22.0 Å². The zero-order valence-electron chi connectivity index (χ0n) is 12.2. The molecule has 2 heterocycles. The number of halogens is 2. The Bertz CT molecular complexity index is 826. The predicted molar refractivity (Wildman–Crippen MR) is 89.5 cm³/mol. The van der Waals surface area contributed by atoms with E-state index in [9.17, 15) is 4.39 Å². The molecule has 5 nitrogen and oxygen atoms in total. The molecule has 0 aliphatic carbocycles. The van der Waals surface area contributed by atoms with Crippen LogP contribution >= 0.6 is 11.6 Å². The Morgan fingerprint density at radius 1 is 1.04 bits per heavy atom. The molecule has 0 unspecified atom stereocenters. The number of nitrogens with one attached hydrogen (secondary N) is 2. The van der Waals surface area contributed by atoms with Gasteiger partial charge in [0, 0.05) is 25.0 Å². The summed E-state index contributed by atoms with van der Waals surface area (Å²) < 4.78 is 13.2. The molecule has 23 heavy (non-hydrogen) atoms. The molecular weight excluding hydrogens is 317 g/mol. The largest absolute Gasteiger partial charge is 0.357 e. The first-order valence-electron chi connectivity index (χ1n) is 6.86. The standard InChI is InChI=1S/C16H13ClFN5/c1-19-16-22-14(13-4-2-3-7-20-13)9-15(23-16)21-10-5-6-12(18)11(17)8-10/h2-9H,1H3,(H2,19,21,22,23). The van der Waals surface area contributed by atoms with E-state index in [2.05, 4.69) is 25.6 Å². The maximum Gasteiger partial charge on any atom is 0.225 e. The average molecular weight is 330 g/mol. The third-order valence-electron chi connectivity index (χ3n) is 3.07. The van der Waals surface area contributed by atoms with Gasteiger partial charge in [0.05, 0.1) is 16.4 Å². The summed E-state index contributed by atoms with van der Waals surface area (Å²) in [7, 11) is 1.73. The monoisotopic (exact) mass is 329 g/mol. The van der Waals surface area contributed by atoms with E-state index in [0.717, 1.165) is 5.69 Å². The Morgan fingerprint density at radius 2 is 1.91 bits per heavy atom. The van der Waals surface area contributed by atoms with Crippen molar-refractivity contribution in [3.8, 4) is 11.4 Å². The van der Waals surface area contributed by atoms with Gasteiger partial charge in [-0.1, -0.05) is 17.7 Å². The van der Waals surface area contributed by atoms with E-state index in [0.29, 0.717) is 23.1 Å². The minimum absolute atomic E-state index is 0.0443. The summed E-state index contributed by atoms with van der Waals surface area (Å²) in [4.78, 5) is 13.0. The molecule has 2 N–H and O–H groups in total. The molecule has 0 atom stereocenters. The summed E-state index contributed by atoms with van der Waals surface area (Å²) in [6.45, 7) is 0. The summed E-state index contributed by atoms with van der Waals surface area (Å²) in [6, 6.07) is 11.7. The van der Waals surface area contributed by atoms with Crippen LogP contribution in [0.3, 0.4) is 0 Å². The average Bonchev–Trinajstić information content (AvgIpc) is 2.58. The number of rotatable bonds is 4. The highest BCUT2D eigenvalue weighted by Gasteiger charge is 2.08. The highest BCUT2D eigenvalue weighted by molar-refractivity contribution is 6.31. The molecule has 0 radical (unpaired) electrons. The van der Waals surface area contributed by atoms with E-state index in [1.165, 1.54) is 12.1 Å². The lowest BCUT2D eigenvalue weighted by molar-refractivity contribution is 0.628. The van der Waals surface area contributed by atoms with Gasteiger partial charge >= 0.3 is 0 Å². The third-order valence-corrected chi connectivity index (χ3v) is 3.36. The molecule has 3 rings (SSSR count). The molecule has 0 aliphatic rings. The van der Waals surface area contributed by atoms with E-state index in [-0.39, 0.29) is 5.02 Å². The number of anilines is 3. The van der Waals surface area contributed by atoms with E-state index in [1.54, 1.807) is 25.4 Å². The first-order chi connectivity index (χ1) is 11.2. The zero-order chi connectivity index (χ0) is 16.2. The van der Waals surface area contributed by atoms with E-state index in [1.807, 2.05) is 18.2 Å². The number of hydrogen-bond acceptors (Lipinski definition) is 5. The van der Waals surface area contributed by atoms with Crippen LogP contribution in [0.1, 0.15) is 0 Å². The van der Waals surface area contributed by atoms with Crippen molar-refractivity contribution >= 4 is 29.1 Å². The molecule has 3 aromatic rings. The smallest absolute Gasteiger partial charge is 0.225 e. The fraction of sp³-hybridized carbons (Fsp3) is 0.0625. The summed E-state index contributed by atoms with van der Waals surface area (Å²) in [5.41, 5.74) is 2.02. The van der Waals surface area contributed by atoms with Crippen molar-refractivity contribution in [2.45, 2.75) is 0 Å². The molecule has 2 aromatic heterocycles. The van der Waals surface area contributed by atoms with Gasteiger partial charge in [0.1, 0.15) is 11.6 Å². The molecular formula is C16H13ClFN5. The molecule has 0 saturated carbocycles. The first kappa shape index (κ1) is 15.2. The van der Waals surface area contributed by atoms with Crippen molar-refractivity contribution < 1.29 is 4.39 Å². The topological polar surface area (TPSA) is 62.7 Å². The van der Waals surface area contributed by atoms with Gasteiger partial charge in [-0.05, 0) is 30.3 Å². The van der Waals surface area contributed by atoms with Gasteiger partial charge in [-0.15, -0.1) is 0 Å². The fourth-order valence-electron chi connectivity index (χ4n) is 1.99. The van der Waals surface area contributed by atoms with E-state index >= 15 is 0 Å². The number of nitrogens with zero attached hydrogens (tertiary/aromatic N) is 3. The van der Waals surface area contributed by atoms with Crippen LogP contribution in [0.15, 0.2) is 48.7 Å². The fourth-order valence-corrected chi connectivity index (χ4v) is 2.17. The summed E-state index contributed by atoms with van der Waals surface area (Å²) >= 11 is 5.80. The maximum atomic E-state index is 13.2. The van der Waals surface area contributed by atoms with Crippen LogP contribution in [0, 0.1) is 5.82 Å². The van der Waals surface area contributed by atoms with Gasteiger partial charge in [-0.25, -0.2) is 9.37 Å². The second kappa shape index (κ2) is 6.58. The van der Waals surface area contributed by atoms with Gasteiger partial charge in [-0.2, -0.15) is 4.98 Å². The Hall–Kier alpha value is -2.73. The van der Waals surface area contributed by atoms with Crippen LogP contribution in [0.5, 0.6) is 0 Å². The Kier molecular flexibility index (Phi) is 4.34. The summed E-state index contributed by atoms with van der Waals surface area (Å²) in [5.74, 6) is 0.529. The highest BCUT2D eigenvalue weighted by Crippen LogP contribution is 2.24. The van der Waals surface area contributed by atoms with Crippen molar-refractivity contribution in [3.05, 3.63) is 59.5 Å². The molecule has 0 aliphatic heterocycles. The van der Waals surface area contributed by atoms with Crippen LogP contribution < -0.4 is 10.6 Å². The van der Waals surface area contributed by atoms with Crippen LogP contribution in [0.25, 0.3) is 11.4 Å². The first-order valence-corrected chi connectivity index (χ1v) is 7.24. The van der Waals surface area contributed by atoms with Gasteiger partial charge in [0.15, 0.2) is 0 Å². The number of benzene rings is 1. The van der Waals surface area contributed by atoms with Crippen LogP contribution in [0.2, 0.25) is 5.02 Å². The Morgan fingerprint density at radius 3 is 2.61 bits per heavy atom. The number of hydrogen-bond donors (Lipinski definition) is 2. The minimum atomic E-state index is -0.468. The normalized spacial score (nSPS) is 10.4. The van der Waals surface area contributed by atoms with Crippen molar-refractivity contribution in [1.29, 1.82) is 0 Å². The quantitative estimate of drug-likeness (QED) is 0.754. The summed E-state index contributed by atoms with van der Waals surface area (Å²) in [6.07, 6.45) is 1.70. The van der Waals surface area contributed by atoms with Crippen LogP contribution in [-0.2, 0) is 0 Å². The highest BCUT2D eigenvalue weighted by atomic mass is 35.5. The molecule has 116 valence electrons. The van der Waals surface area contributed by atoms with Gasteiger partial charge in [0.25, 0.3) is 0 Å². The predicted octanol–water partition coefficient (Wildman–Crippen LogP) is 4.12. The maximum absolute atomic E-state index is 13.2. The van der Waals surface area contributed by atoms with Gasteiger partial charge in [-0.3, -0.25) is 4.98 Å². The second-order valence-electron chi connectivity index (χ2n) is 4.68. The second-order valence-corrected chi connectivity index (χ2v) is 5.09. The molecule has 1 aromatic carbocycles. The molecule has 0 saturated heterocycles. The third kappa shape index (κ3) is 3.54. The van der Waals surface area contributed by atoms with E-state index < -0.39 is 5.82 Å². The lowest BCUT2D eigenvalue weighted by Gasteiger charge is -2.10. The summed E-state index contributed by atoms with van der Waals surface area (Å²) in [5, 5.41) is 6.04. The van der Waals surface area contributed by atoms with Gasteiger partial charge in [0.2, 0.25) is 5.95 Å². The molecule has 0 fully saturated rings. The lowest BCUT2D eigenvalue weighted by Crippen LogP contribution is -2.02. The van der Waals surface area contributed by atoms with Crippen molar-refractivity contribution in [2.24, 2.45) is 0 Å². The number of pyridine rings is 1.